The maximum absolute atomic E-state index is 11.9. The van der Waals surface area contributed by atoms with Crippen LogP contribution in [0.3, 0.4) is 0 Å². The van der Waals surface area contributed by atoms with E-state index in [1.54, 1.807) is 7.11 Å². The average Bonchev–Trinajstić information content (AvgIpc) is 2.41. The summed E-state index contributed by atoms with van der Waals surface area (Å²) < 4.78 is 22.4. The molecule has 98 valence electrons. The highest BCUT2D eigenvalue weighted by molar-refractivity contribution is 5.38. The lowest BCUT2D eigenvalue weighted by Crippen LogP contribution is -1.99. The van der Waals surface area contributed by atoms with Gasteiger partial charge in [0.25, 0.3) is 0 Å². The van der Waals surface area contributed by atoms with Crippen molar-refractivity contribution in [1.29, 1.82) is 0 Å². The Hall–Kier alpha value is -1.25. The van der Waals surface area contributed by atoms with E-state index in [1.165, 1.54) is 0 Å². The van der Waals surface area contributed by atoms with Gasteiger partial charge in [-0.15, -0.1) is 0 Å². The van der Waals surface area contributed by atoms with Crippen LogP contribution >= 0.6 is 0 Å². The van der Waals surface area contributed by atoms with Gasteiger partial charge in [0.2, 0.25) is 0 Å². The van der Waals surface area contributed by atoms with Gasteiger partial charge in [-0.05, 0) is 24.1 Å². The number of alkyl halides is 1. The van der Waals surface area contributed by atoms with Crippen molar-refractivity contribution in [2.45, 2.75) is 33.6 Å². The third kappa shape index (κ3) is 6.15. The van der Waals surface area contributed by atoms with Crippen LogP contribution in [0.1, 0.15) is 32.8 Å². The summed E-state index contributed by atoms with van der Waals surface area (Å²) in [5.41, 5.74) is 1.16. The van der Waals surface area contributed by atoms with E-state index in [-0.39, 0.29) is 6.67 Å². The minimum absolute atomic E-state index is 0.343. The van der Waals surface area contributed by atoms with Crippen LogP contribution in [0.5, 0.6) is 11.5 Å². The third-order valence-electron chi connectivity index (χ3n) is 2.13. The quantitative estimate of drug-likeness (QED) is 0.701. The molecule has 0 unspecified atom stereocenters. The molecule has 0 aromatic heterocycles. The number of hydrogen-bond acceptors (Lipinski definition) is 2. The predicted molar refractivity (Wildman–Crippen MR) is 69.8 cm³/mol. The van der Waals surface area contributed by atoms with Gasteiger partial charge in [0.1, 0.15) is 11.5 Å². The zero-order valence-electron chi connectivity index (χ0n) is 11.3. The molecule has 0 amide bonds. The second-order valence-electron chi connectivity index (χ2n) is 3.26. The van der Waals surface area contributed by atoms with Gasteiger partial charge in [0.05, 0.1) is 20.4 Å². The summed E-state index contributed by atoms with van der Waals surface area (Å²) in [4.78, 5) is 0. The van der Waals surface area contributed by atoms with Crippen molar-refractivity contribution < 1.29 is 13.9 Å². The molecule has 0 fully saturated rings. The first-order valence-corrected chi connectivity index (χ1v) is 6.17. The Kier molecular flexibility index (Phi) is 9.21. The second-order valence-corrected chi connectivity index (χ2v) is 3.26. The summed E-state index contributed by atoms with van der Waals surface area (Å²) in [6.45, 7) is 6.14. The van der Waals surface area contributed by atoms with Gasteiger partial charge >= 0.3 is 0 Å². The van der Waals surface area contributed by atoms with Crippen molar-refractivity contribution in [2.75, 3.05) is 20.4 Å². The SMILES string of the molecule is CC.CCc1cc(OC)cc(OCCCF)c1. The first-order chi connectivity index (χ1) is 8.30. The largest absolute Gasteiger partial charge is 0.497 e. The standard InChI is InChI=1S/C12H17FO2.C2H6/c1-3-10-7-11(14-2)9-12(8-10)15-6-4-5-13;1-2/h7-9H,3-6H2,1-2H3;1-2H3. The zero-order valence-corrected chi connectivity index (χ0v) is 11.3. The molecule has 0 spiro atoms. The normalized spacial score (nSPS) is 9.24. The fourth-order valence-corrected chi connectivity index (χ4v) is 1.28. The number of hydrogen-bond donors (Lipinski definition) is 0. The summed E-state index contributed by atoms with van der Waals surface area (Å²) >= 11 is 0. The van der Waals surface area contributed by atoms with Crippen LogP contribution in [0, 0.1) is 0 Å². The van der Waals surface area contributed by atoms with Crippen LogP contribution in [0.15, 0.2) is 18.2 Å². The topological polar surface area (TPSA) is 18.5 Å². The first kappa shape index (κ1) is 15.8. The van der Waals surface area contributed by atoms with E-state index in [9.17, 15) is 4.39 Å². The first-order valence-electron chi connectivity index (χ1n) is 6.17. The number of methoxy groups -OCH3 is 1. The Balaban J connectivity index is 0.00000121. The van der Waals surface area contributed by atoms with E-state index in [2.05, 4.69) is 6.92 Å². The van der Waals surface area contributed by atoms with Crippen LogP contribution in [0.25, 0.3) is 0 Å². The lowest BCUT2D eigenvalue weighted by molar-refractivity contribution is 0.288. The number of halogens is 1. The molecule has 17 heavy (non-hydrogen) atoms. The summed E-state index contributed by atoms with van der Waals surface area (Å²) in [5.74, 6) is 1.53. The Morgan fingerprint density at radius 2 is 1.76 bits per heavy atom. The lowest BCUT2D eigenvalue weighted by Gasteiger charge is -2.09. The Morgan fingerprint density at radius 1 is 1.12 bits per heavy atom. The minimum atomic E-state index is -0.343. The van der Waals surface area contributed by atoms with Crippen molar-refractivity contribution in [2.24, 2.45) is 0 Å². The lowest BCUT2D eigenvalue weighted by atomic mass is 10.1. The van der Waals surface area contributed by atoms with Crippen molar-refractivity contribution in [3.63, 3.8) is 0 Å². The smallest absolute Gasteiger partial charge is 0.123 e. The molecule has 0 aliphatic carbocycles. The molecule has 0 saturated heterocycles. The molecular formula is C14H23FO2. The van der Waals surface area contributed by atoms with Gasteiger partial charge in [0, 0.05) is 12.5 Å². The van der Waals surface area contributed by atoms with Crippen LogP contribution in [-0.2, 0) is 6.42 Å². The molecule has 1 aromatic rings. The van der Waals surface area contributed by atoms with Gasteiger partial charge in [-0.1, -0.05) is 20.8 Å². The van der Waals surface area contributed by atoms with E-state index in [0.717, 1.165) is 23.5 Å². The van der Waals surface area contributed by atoms with Crippen LogP contribution in [0.2, 0.25) is 0 Å². The molecule has 0 aliphatic heterocycles. The molecule has 0 atom stereocenters. The Bertz CT molecular complexity index is 278. The molecule has 0 radical (unpaired) electrons. The molecule has 3 heteroatoms. The van der Waals surface area contributed by atoms with Crippen LogP contribution in [0.4, 0.5) is 4.39 Å². The highest BCUT2D eigenvalue weighted by atomic mass is 19.1. The second kappa shape index (κ2) is 9.94. The molecule has 0 aliphatic rings. The van der Waals surface area contributed by atoms with Gasteiger partial charge in [0.15, 0.2) is 0 Å². The van der Waals surface area contributed by atoms with E-state index < -0.39 is 0 Å². The highest BCUT2D eigenvalue weighted by Crippen LogP contribution is 2.23. The summed E-state index contributed by atoms with van der Waals surface area (Å²) in [6.07, 6.45) is 1.36. The van der Waals surface area contributed by atoms with Crippen molar-refractivity contribution in [3.05, 3.63) is 23.8 Å². The number of ether oxygens (including phenoxy) is 2. The van der Waals surface area contributed by atoms with Gasteiger partial charge < -0.3 is 9.47 Å². The monoisotopic (exact) mass is 242 g/mol. The van der Waals surface area contributed by atoms with Crippen LogP contribution in [-0.4, -0.2) is 20.4 Å². The van der Waals surface area contributed by atoms with Crippen molar-refractivity contribution >= 4 is 0 Å². The molecule has 2 nitrogen and oxygen atoms in total. The number of aryl methyl sites for hydroxylation is 1. The number of rotatable bonds is 6. The average molecular weight is 242 g/mol. The Morgan fingerprint density at radius 3 is 2.29 bits per heavy atom. The minimum Gasteiger partial charge on any atom is -0.497 e. The van der Waals surface area contributed by atoms with Gasteiger partial charge in [-0.3, -0.25) is 4.39 Å². The molecule has 1 aromatic carbocycles. The maximum Gasteiger partial charge on any atom is 0.123 e. The fourth-order valence-electron chi connectivity index (χ4n) is 1.28. The van der Waals surface area contributed by atoms with E-state index in [4.69, 9.17) is 9.47 Å². The van der Waals surface area contributed by atoms with E-state index >= 15 is 0 Å². The molecule has 0 bridgehead atoms. The summed E-state index contributed by atoms with van der Waals surface area (Å²) in [6, 6.07) is 5.75. The highest BCUT2D eigenvalue weighted by Gasteiger charge is 2.01. The molecule has 1 rings (SSSR count). The van der Waals surface area contributed by atoms with Crippen LogP contribution < -0.4 is 9.47 Å². The van der Waals surface area contributed by atoms with Crippen molar-refractivity contribution in [3.8, 4) is 11.5 Å². The molecule has 0 saturated carbocycles. The van der Waals surface area contributed by atoms with E-state index in [0.29, 0.717) is 13.0 Å². The fraction of sp³-hybridized carbons (Fsp3) is 0.571. The number of benzene rings is 1. The molecule has 0 heterocycles. The van der Waals surface area contributed by atoms with E-state index in [1.807, 2.05) is 32.0 Å². The van der Waals surface area contributed by atoms with Gasteiger partial charge in [-0.2, -0.15) is 0 Å². The predicted octanol–water partition coefficient (Wildman–Crippen LogP) is 4.02. The maximum atomic E-state index is 11.9. The zero-order chi connectivity index (χ0) is 13.1. The summed E-state index contributed by atoms with van der Waals surface area (Å²) in [7, 11) is 1.63. The molecule has 0 N–H and O–H groups in total. The summed E-state index contributed by atoms with van der Waals surface area (Å²) in [5, 5.41) is 0. The van der Waals surface area contributed by atoms with Gasteiger partial charge in [-0.25, -0.2) is 0 Å². The third-order valence-corrected chi connectivity index (χ3v) is 2.13. The Labute approximate surface area is 104 Å². The molecular weight excluding hydrogens is 219 g/mol. The van der Waals surface area contributed by atoms with Crippen molar-refractivity contribution in [1.82, 2.24) is 0 Å².